The van der Waals surface area contributed by atoms with Crippen LogP contribution in [0.2, 0.25) is 0 Å². The second-order valence-corrected chi connectivity index (χ2v) is 22.2. The van der Waals surface area contributed by atoms with Gasteiger partial charge in [0.25, 0.3) is 13.4 Å². The van der Waals surface area contributed by atoms with E-state index in [2.05, 4.69) is 299 Å². The lowest BCUT2D eigenvalue weighted by atomic mass is 9.31. The SMILES string of the molecule is c1ccc(N(c2ccccc2)c2cc3c4c(c2)Sc2cc5c(cc2B4c2ccccc2O3)B2c3ccccc3N(c3ccccc3)c3cc(N(c4ccccc4)c4ccccc4)cc(c32)N5c2cccc3oc4ccccc4c23)cc1. The van der Waals surface area contributed by atoms with Gasteiger partial charge in [0.15, 0.2) is 0 Å². The number of nitrogens with zero attached hydrogens (tertiary/aromatic N) is 4. The highest BCUT2D eigenvalue weighted by molar-refractivity contribution is 8.00. The first-order chi connectivity index (χ1) is 40.2. The molecule has 5 heterocycles. The summed E-state index contributed by atoms with van der Waals surface area (Å²) >= 11 is 1.85. The van der Waals surface area contributed by atoms with Crippen LogP contribution in [-0.2, 0) is 0 Å². The first-order valence-corrected chi connectivity index (χ1v) is 28.5. The molecule has 0 fully saturated rings. The molecule has 81 heavy (non-hydrogen) atoms. The van der Waals surface area contributed by atoms with Gasteiger partial charge in [-0.3, -0.25) is 0 Å². The third-order valence-electron chi connectivity index (χ3n) is 16.7. The number of fused-ring (bicyclic) bond motifs is 11. The van der Waals surface area contributed by atoms with E-state index in [0.29, 0.717) is 0 Å². The zero-order chi connectivity index (χ0) is 53.1. The Bertz CT molecular complexity index is 4560. The predicted molar refractivity (Wildman–Crippen MR) is 339 cm³/mol. The van der Waals surface area contributed by atoms with E-state index in [9.17, 15) is 0 Å². The number of para-hydroxylation sites is 8. The van der Waals surface area contributed by atoms with Gasteiger partial charge in [-0.25, -0.2) is 0 Å². The molecule has 17 rings (SSSR count). The lowest BCUT2D eigenvalue weighted by molar-refractivity contribution is 0.486. The van der Waals surface area contributed by atoms with Crippen LogP contribution >= 0.6 is 11.8 Å². The minimum absolute atomic E-state index is 0.0969. The molecule has 0 N–H and O–H groups in total. The molecule has 9 heteroatoms. The second kappa shape index (κ2) is 18.2. The summed E-state index contributed by atoms with van der Waals surface area (Å²) in [5.74, 6) is 1.75. The van der Waals surface area contributed by atoms with Gasteiger partial charge in [-0.15, -0.1) is 0 Å². The van der Waals surface area contributed by atoms with Gasteiger partial charge in [-0.05, 0) is 143 Å². The fourth-order valence-corrected chi connectivity index (χ4v) is 14.6. The standard InChI is InChI=1S/C72H46B2N4O2S/c1-6-23-47(24-7-1)75(48-25-8-2-9-26-48)52-41-62-71-63(42-52)78(60-37-22-40-66-70(60)54-33-16-20-38-64(54)79-66)61-46-68-58(45-57(61)73(71)55-34-17-19-36-59(55)77(62)51-31-14-5-15-32-51)74-56-35-18-21-39-65(56)80-67-43-53(44-69(81-68)72(67)74)76(49-27-10-3-11-28-49)50-29-12-4-13-30-50/h1-46H. The van der Waals surface area contributed by atoms with Gasteiger partial charge in [-0.2, -0.15) is 0 Å². The van der Waals surface area contributed by atoms with E-state index >= 15 is 0 Å². The van der Waals surface area contributed by atoms with Crippen molar-refractivity contribution in [1.29, 1.82) is 0 Å². The smallest absolute Gasteiger partial charge is 0.253 e. The Hall–Kier alpha value is -10.1. The molecule has 0 bridgehead atoms. The monoisotopic (exact) mass is 1050 g/mol. The summed E-state index contributed by atoms with van der Waals surface area (Å²) in [6.45, 7) is -0.243. The molecule has 4 aliphatic rings. The van der Waals surface area contributed by atoms with E-state index in [1.165, 1.54) is 37.1 Å². The normalized spacial score (nSPS) is 13.1. The Morgan fingerprint density at radius 2 is 0.852 bits per heavy atom. The van der Waals surface area contributed by atoms with Gasteiger partial charge < -0.3 is 28.8 Å². The van der Waals surface area contributed by atoms with Crippen molar-refractivity contribution in [2.45, 2.75) is 9.79 Å². The molecule has 0 saturated carbocycles. The van der Waals surface area contributed by atoms with Crippen LogP contribution in [-0.4, -0.2) is 13.4 Å². The number of anilines is 12. The van der Waals surface area contributed by atoms with E-state index in [4.69, 9.17) is 9.15 Å². The molecule has 4 aliphatic heterocycles. The molecule has 6 nitrogen and oxygen atoms in total. The summed E-state index contributed by atoms with van der Waals surface area (Å²) in [5, 5.41) is 2.14. The number of hydrogen-bond acceptors (Lipinski definition) is 7. The fraction of sp³-hybridized carbons (Fsp3) is 0. The van der Waals surface area contributed by atoms with Crippen LogP contribution in [0.5, 0.6) is 11.5 Å². The molecule has 1 aromatic heterocycles. The molecule has 378 valence electrons. The molecule has 12 aromatic carbocycles. The van der Waals surface area contributed by atoms with Crippen LogP contribution in [0.4, 0.5) is 68.2 Å². The Morgan fingerprint density at radius 1 is 0.321 bits per heavy atom. The molecule has 13 aromatic rings. The topological polar surface area (TPSA) is 35.3 Å². The number of furan rings is 1. The largest absolute Gasteiger partial charge is 0.458 e. The average Bonchev–Trinajstić information content (AvgIpc) is 4.05. The molecule has 0 aliphatic carbocycles. The fourth-order valence-electron chi connectivity index (χ4n) is 13.4. The Kier molecular flexibility index (Phi) is 10.3. The van der Waals surface area contributed by atoms with Crippen molar-refractivity contribution in [3.05, 3.63) is 279 Å². The lowest BCUT2D eigenvalue weighted by Gasteiger charge is -2.45. The highest BCUT2D eigenvalue weighted by atomic mass is 32.2. The van der Waals surface area contributed by atoms with E-state index in [1.807, 2.05) is 11.8 Å². The van der Waals surface area contributed by atoms with Crippen molar-refractivity contribution < 1.29 is 9.15 Å². The van der Waals surface area contributed by atoms with E-state index in [1.54, 1.807) is 0 Å². The van der Waals surface area contributed by atoms with Crippen LogP contribution in [0.15, 0.2) is 293 Å². The first-order valence-electron chi connectivity index (χ1n) is 27.6. The molecule has 0 radical (unpaired) electrons. The van der Waals surface area contributed by atoms with Crippen molar-refractivity contribution in [2.75, 3.05) is 19.6 Å². The highest BCUT2D eigenvalue weighted by Crippen LogP contribution is 2.52. The van der Waals surface area contributed by atoms with Crippen LogP contribution in [0.1, 0.15) is 0 Å². The number of benzene rings is 12. The van der Waals surface area contributed by atoms with Gasteiger partial charge in [0.2, 0.25) is 0 Å². The van der Waals surface area contributed by atoms with Gasteiger partial charge in [0.1, 0.15) is 22.7 Å². The Morgan fingerprint density at radius 3 is 1.53 bits per heavy atom. The van der Waals surface area contributed by atoms with Crippen molar-refractivity contribution in [3.8, 4) is 11.5 Å². The lowest BCUT2D eigenvalue weighted by Crippen LogP contribution is -2.64. The van der Waals surface area contributed by atoms with Gasteiger partial charge in [-0.1, -0.05) is 175 Å². The van der Waals surface area contributed by atoms with Crippen LogP contribution < -0.4 is 57.1 Å². The van der Waals surface area contributed by atoms with E-state index < -0.39 is 0 Å². The first kappa shape index (κ1) is 45.9. The minimum Gasteiger partial charge on any atom is -0.458 e. The Labute approximate surface area is 474 Å². The average molecular weight is 1050 g/mol. The molecule has 0 unspecified atom stereocenters. The van der Waals surface area contributed by atoms with Crippen LogP contribution in [0.3, 0.4) is 0 Å². The molecule has 0 saturated heterocycles. The van der Waals surface area contributed by atoms with Crippen molar-refractivity contribution in [1.82, 2.24) is 0 Å². The summed E-state index contributed by atoms with van der Waals surface area (Å²) < 4.78 is 13.9. The number of rotatable bonds is 8. The quantitative estimate of drug-likeness (QED) is 0.140. The summed E-state index contributed by atoms with van der Waals surface area (Å²) in [7, 11) is 0. The summed E-state index contributed by atoms with van der Waals surface area (Å²) in [6, 6.07) is 101. The number of ether oxygens (including phenoxy) is 1. The summed E-state index contributed by atoms with van der Waals surface area (Å²) in [5.41, 5.74) is 22.1. The Balaban J connectivity index is 0.974. The maximum Gasteiger partial charge on any atom is 0.253 e. The van der Waals surface area contributed by atoms with E-state index in [0.717, 1.165) is 107 Å². The van der Waals surface area contributed by atoms with E-state index in [-0.39, 0.29) is 13.4 Å². The third kappa shape index (κ3) is 7.11. The third-order valence-corrected chi connectivity index (χ3v) is 17.8. The van der Waals surface area contributed by atoms with Crippen LogP contribution in [0, 0.1) is 0 Å². The van der Waals surface area contributed by atoms with Crippen molar-refractivity contribution in [3.63, 3.8) is 0 Å². The zero-order valence-electron chi connectivity index (χ0n) is 43.7. The molecule has 0 atom stereocenters. The maximum atomic E-state index is 7.10. The highest BCUT2D eigenvalue weighted by Gasteiger charge is 2.47. The molecule has 0 amide bonds. The van der Waals surface area contributed by atoms with Gasteiger partial charge in [0, 0.05) is 72.4 Å². The molecular formula is C72H46B2N4O2S. The predicted octanol–water partition coefficient (Wildman–Crippen LogP) is 15.7. The van der Waals surface area contributed by atoms with Gasteiger partial charge in [0.05, 0.1) is 22.4 Å². The van der Waals surface area contributed by atoms with Gasteiger partial charge >= 0.3 is 0 Å². The van der Waals surface area contributed by atoms with Crippen molar-refractivity contribution in [2.24, 2.45) is 0 Å². The molecular weight excluding hydrogens is 1010 g/mol. The molecule has 0 spiro atoms. The number of hydrogen-bond donors (Lipinski definition) is 0. The second-order valence-electron chi connectivity index (χ2n) is 21.1. The summed E-state index contributed by atoms with van der Waals surface area (Å²) in [4.78, 5) is 12.2. The minimum atomic E-state index is -0.146. The zero-order valence-corrected chi connectivity index (χ0v) is 44.5. The van der Waals surface area contributed by atoms with Crippen molar-refractivity contribution >= 4 is 148 Å². The summed E-state index contributed by atoms with van der Waals surface area (Å²) in [6.07, 6.45) is 0. The maximum absolute atomic E-state index is 7.10. The van der Waals surface area contributed by atoms with Crippen LogP contribution in [0.25, 0.3) is 21.9 Å².